The van der Waals surface area contributed by atoms with Crippen molar-refractivity contribution in [1.29, 1.82) is 0 Å². The number of esters is 1. The first-order chi connectivity index (χ1) is 6.59. The summed E-state index contributed by atoms with van der Waals surface area (Å²) in [6.45, 7) is 7.29. The standard InChI is InChI=1S/C10H18N2O2/c1-10(2)7-14-9(13)6-12(10)8-3-4-11-5-8/h8,11H,3-7H2,1-2H3. The summed E-state index contributed by atoms with van der Waals surface area (Å²) < 4.78 is 5.08. The summed E-state index contributed by atoms with van der Waals surface area (Å²) in [6, 6.07) is 0.498. The molecule has 0 saturated carbocycles. The number of nitrogens with one attached hydrogen (secondary N) is 1. The third-order valence-electron chi connectivity index (χ3n) is 3.14. The molecule has 4 heteroatoms. The summed E-state index contributed by atoms with van der Waals surface area (Å²) in [5.74, 6) is -0.0868. The lowest BCUT2D eigenvalue weighted by molar-refractivity contribution is -0.162. The van der Waals surface area contributed by atoms with Crippen molar-refractivity contribution in [2.45, 2.75) is 31.8 Å². The second kappa shape index (κ2) is 3.51. The van der Waals surface area contributed by atoms with E-state index in [1.54, 1.807) is 0 Å². The minimum absolute atomic E-state index is 0.00933. The van der Waals surface area contributed by atoms with Crippen LogP contribution in [0.5, 0.6) is 0 Å². The fourth-order valence-electron chi connectivity index (χ4n) is 2.27. The molecule has 0 aromatic rings. The van der Waals surface area contributed by atoms with Crippen LogP contribution in [0.2, 0.25) is 0 Å². The van der Waals surface area contributed by atoms with E-state index in [4.69, 9.17) is 4.74 Å². The van der Waals surface area contributed by atoms with Gasteiger partial charge in [-0.2, -0.15) is 0 Å². The highest BCUT2D eigenvalue weighted by Gasteiger charge is 2.39. The number of rotatable bonds is 1. The first-order valence-electron chi connectivity index (χ1n) is 5.23. The Bertz CT molecular complexity index is 234. The summed E-state index contributed by atoms with van der Waals surface area (Å²) in [4.78, 5) is 13.5. The van der Waals surface area contributed by atoms with Crippen LogP contribution in [-0.4, -0.2) is 48.7 Å². The van der Waals surface area contributed by atoms with Crippen LogP contribution in [0.4, 0.5) is 0 Å². The van der Waals surface area contributed by atoms with Gasteiger partial charge in [0.25, 0.3) is 0 Å². The Labute approximate surface area is 84.6 Å². The molecule has 2 rings (SSSR count). The number of hydrogen-bond acceptors (Lipinski definition) is 4. The van der Waals surface area contributed by atoms with Crippen molar-refractivity contribution in [3.63, 3.8) is 0 Å². The van der Waals surface area contributed by atoms with Gasteiger partial charge in [0, 0.05) is 12.6 Å². The molecule has 1 N–H and O–H groups in total. The van der Waals surface area contributed by atoms with Crippen LogP contribution in [0.15, 0.2) is 0 Å². The lowest BCUT2D eigenvalue weighted by Crippen LogP contribution is -2.59. The summed E-state index contributed by atoms with van der Waals surface area (Å²) in [7, 11) is 0. The molecule has 1 unspecified atom stereocenters. The third-order valence-corrected chi connectivity index (χ3v) is 3.14. The van der Waals surface area contributed by atoms with Gasteiger partial charge in [-0.05, 0) is 26.8 Å². The van der Waals surface area contributed by atoms with E-state index in [2.05, 4.69) is 24.1 Å². The van der Waals surface area contributed by atoms with Gasteiger partial charge in [-0.3, -0.25) is 9.69 Å². The molecule has 0 spiro atoms. The molecular weight excluding hydrogens is 180 g/mol. The van der Waals surface area contributed by atoms with Crippen LogP contribution in [0, 0.1) is 0 Å². The van der Waals surface area contributed by atoms with E-state index in [0.29, 0.717) is 19.2 Å². The fourth-order valence-corrected chi connectivity index (χ4v) is 2.27. The molecule has 0 aromatic carbocycles. The van der Waals surface area contributed by atoms with Gasteiger partial charge in [0.1, 0.15) is 6.61 Å². The number of carbonyl (C=O) groups is 1. The Morgan fingerprint density at radius 3 is 3.00 bits per heavy atom. The van der Waals surface area contributed by atoms with Crippen LogP contribution in [0.25, 0.3) is 0 Å². The molecule has 80 valence electrons. The Balaban J connectivity index is 2.08. The summed E-state index contributed by atoms with van der Waals surface area (Å²) >= 11 is 0. The first-order valence-corrected chi connectivity index (χ1v) is 5.23. The SMILES string of the molecule is CC1(C)COC(=O)CN1C1CCNC1. The van der Waals surface area contributed by atoms with Gasteiger partial charge >= 0.3 is 5.97 Å². The normalized spacial score (nSPS) is 33.0. The zero-order valence-electron chi connectivity index (χ0n) is 8.88. The molecule has 2 aliphatic heterocycles. The van der Waals surface area contributed by atoms with E-state index in [1.807, 2.05) is 0 Å². The van der Waals surface area contributed by atoms with E-state index in [0.717, 1.165) is 19.5 Å². The zero-order valence-corrected chi connectivity index (χ0v) is 8.88. The lowest BCUT2D eigenvalue weighted by Gasteiger charge is -2.44. The number of carbonyl (C=O) groups excluding carboxylic acids is 1. The fraction of sp³-hybridized carbons (Fsp3) is 0.900. The van der Waals surface area contributed by atoms with Crippen molar-refractivity contribution in [2.75, 3.05) is 26.2 Å². The summed E-state index contributed by atoms with van der Waals surface area (Å²) in [6.07, 6.45) is 1.14. The molecule has 2 aliphatic rings. The highest BCUT2D eigenvalue weighted by Crippen LogP contribution is 2.24. The van der Waals surface area contributed by atoms with Gasteiger partial charge in [-0.25, -0.2) is 0 Å². The van der Waals surface area contributed by atoms with Crippen molar-refractivity contribution in [2.24, 2.45) is 0 Å². The molecule has 1 atom stereocenters. The Kier molecular flexibility index (Phi) is 2.49. The Morgan fingerprint density at radius 1 is 1.57 bits per heavy atom. The summed E-state index contributed by atoms with van der Waals surface area (Å²) in [5, 5.41) is 3.33. The second-order valence-corrected chi connectivity index (χ2v) is 4.75. The van der Waals surface area contributed by atoms with Gasteiger partial charge < -0.3 is 10.1 Å². The maximum atomic E-state index is 11.2. The van der Waals surface area contributed by atoms with Gasteiger partial charge in [0.05, 0.1) is 12.1 Å². The molecule has 2 saturated heterocycles. The average Bonchev–Trinajstić information content (AvgIpc) is 2.62. The van der Waals surface area contributed by atoms with Crippen LogP contribution < -0.4 is 5.32 Å². The van der Waals surface area contributed by atoms with Crippen molar-refractivity contribution in [3.8, 4) is 0 Å². The topological polar surface area (TPSA) is 41.6 Å². The van der Waals surface area contributed by atoms with Gasteiger partial charge in [0.15, 0.2) is 0 Å². The zero-order chi connectivity index (χ0) is 10.2. The predicted molar refractivity (Wildman–Crippen MR) is 53.0 cm³/mol. The molecule has 4 nitrogen and oxygen atoms in total. The van der Waals surface area contributed by atoms with Crippen molar-refractivity contribution < 1.29 is 9.53 Å². The third kappa shape index (κ3) is 1.77. The van der Waals surface area contributed by atoms with E-state index in [-0.39, 0.29) is 11.5 Å². The summed E-state index contributed by atoms with van der Waals surface area (Å²) in [5.41, 5.74) is -0.00933. The monoisotopic (exact) mass is 198 g/mol. The van der Waals surface area contributed by atoms with Crippen molar-refractivity contribution >= 4 is 5.97 Å². The largest absolute Gasteiger partial charge is 0.463 e. The molecule has 14 heavy (non-hydrogen) atoms. The van der Waals surface area contributed by atoms with Crippen LogP contribution >= 0.6 is 0 Å². The van der Waals surface area contributed by atoms with Crippen LogP contribution in [0.1, 0.15) is 20.3 Å². The highest BCUT2D eigenvalue weighted by molar-refractivity contribution is 5.72. The molecule has 0 radical (unpaired) electrons. The predicted octanol–water partition coefficient (Wildman–Crippen LogP) is -0.0143. The number of morpholine rings is 1. The van der Waals surface area contributed by atoms with Gasteiger partial charge in [-0.15, -0.1) is 0 Å². The number of hydrogen-bond donors (Lipinski definition) is 1. The Morgan fingerprint density at radius 2 is 2.36 bits per heavy atom. The quantitative estimate of drug-likeness (QED) is 0.602. The maximum Gasteiger partial charge on any atom is 0.320 e. The van der Waals surface area contributed by atoms with Gasteiger partial charge in [-0.1, -0.05) is 0 Å². The number of ether oxygens (including phenoxy) is 1. The van der Waals surface area contributed by atoms with Crippen molar-refractivity contribution in [3.05, 3.63) is 0 Å². The smallest absolute Gasteiger partial charge is 0.320 e. The average molecular weight is 198 g/mol. The molecule has 0 aromatic heterocycles. The van der Waals surface area contributed by atoms with Gasteiger partial charge in [0.2, 0.25) is 0 Å². The first kappa shape index (κ1) is 9.93. The lowest BCUT2D eigenvalue weighted by atomic mass is 9.99. The highest BCUT2D eigenvalue weighted by atomic mass is 16.5. The van der Waals surface area contributed by atoms with E-state index in [9.17, 15) is 4.79 Å². The van der Waals surface area contributed by atoms with Crippen molar-refractivity contribution in [1.82, 2.24) is 10.2 Å². The molecular formula is C10H18N2O2. The minimum Gasteiger partial charge on any atom is -0.463 e. The molecule has 2 heterocycles. The van der Waals surface area contributed by atoms with E-state index < -0.39 is 0 Å². The molecule has 0 amide bonds. The molecule has 0 bridgehead atoms. The second-order valence-electron chi connectivity index (χ2n) is 4.75. The van der Waals surface area contributed by atoms with Crippen LogP contribution in [0.3, 0.4) is 0 Å². The van der Waals surface area contributed by atoms with Crippen LogP contribution in [-0.2, 0) is 9.53 Å². The molecule has 2 fully saturated rings. The van der Waals surface area contributed by atoms with E-state index >= 15 is 0 Å². The minimum atomic E-state index is -0.0868. The Hall–Kier alpha value is -0.610. The number of cyclic esters (lactones) is 1. The molecule has 0 aliphatic carbocycles. The number of nitrogens with zero attached hydrogens (tertiary/aromatic N) is 1. The van der Waals surface area contributed by atoms with E-state index in [1.165, 1.54) is 0 Å². The maximum absolute atomic E-state index is 11.2.